The molecule has 3 aromatic rings. The van der Waals surface area contributed by atoms with Crippen LogP contribution in [0.4, 0.5) is 0 Å². The van der Waals surface area contributed by atoms with E-state index in [1.165, 1.54) is 0 Å². The van der Waals surface area contributed by atoms with E-state index in [4.69, 9.17) is 37.4 Å². The third-order valence-electron chi connectivity index (χ3n) is 4.37. The van der Waals surface area contributed by atoms with E-state index in [9.17, 15) is 4.79 Å². The molecule has 0 atom stereocenters. The van der Waals surface area contributed by atoms with E-state index in [1.54, 1.807) is 19.1 Å². The molecule has 0 amide bonds. The SMILES string of the molecule is CCOC(=O)Cc1cccc(OCc2ccccc2Cl)c1OCc1ccccc1Cl. The van der Waals surface area contributed by atoms with Crippen LogP contribution in [0.2, 0.25) is 10.0 Å². The highest BCUT2D eigenvalue weighted by molar-refractivity contribution is 6.31. The van der Waals surface area contributed by atoms with E-state index >= 15 is 0 Å². The fourth-order valence-corrected chi connectivity index (χ4v) is 3.26. The molecule has 0 aliphatic rings. The Morgan fingerprint density at radius 2 is 1.33 bits per heavy atom. The number of hydrogen-bond donors (Lipinski definition) is 0. The molecular formula is C24H22Cl2O4. The van der Waals surface area contributed by atoms with Gasteiger partial charge in [-0.2, -0.15) is 0 Å². The van der Waals surface area contributed by atoms with Crippen molar-refractivity contribution in [3.63, 3.8) is 0 Å². The summed E-state index contributed by atoms with van der Waals surface area (Å²) in [5.41, 5.74) is 2.37. The Morgan fingerprint density at radius 3 is 1.93 bits per heavy atom. The van der Waals surface area contributed by atoms with E-state index < -0.39 is 0 Å². The van der Waals surface area contributed by atoms with Gasteiger partial charge < -0.3 is 14.2 Å². The van der Waals surface area contributed by atoms with Crippen LogP contribution in [0.25, 0.3) is 0 Å². The summed E-state index contributed by atoms with van der Waals surface area (Å²) in [5.74, 6) is 0.671. The average Bonchev–Trinajstić information content (AvgIpc) is 2.73. The second-order valence-electron chi connectivity index (χ2n) is 6.49. The van der Waals surface area contributed by atoms with E-state index in [-0.39, 0.29) is 25.6 Å². The zero-order chi connectivity index (χ0) is 21.3. The predicted molar refractivity (Wildman–Crippen MR) is 118 cm³/mol. The zero-order valence-corrected chi connectivity index (χ0v) is 18.1. The molecule has 0 bridgehead atoms. The summed E-state index contributed by atoms with van der Waals surface area (Å²) in [4.78, 5) is 12.1. The van der Waals surface area contributed by atoms with Crippen molar-refractivity contribution in [1.29, 1.82) is 0 Å². The standard InChI is InChI=1S/C24H22Cl2O4/c1-2-28-23(27)14-17-10-7-13-22(29-15-18-8-3-5-11-20(18)25)24(17)30-16-19-9-4-6-12-21(19)26/h3-13H,2,14-16H2,1H3. The second-order valence-corrected chi connectivity index (χ2v) is 7.30. The Hall–Kier alpha value is -2.69. The number of rotatable bonds is 9. The van der Waals surface area contributed by atoms with Crippen molar-refractivity contribution in [2.24, 2.45) is 0 Å². The maximum absolute atomic E-state index is 12.1. The highest BCUT2D eigenvalue weighted by Crippen LogP contribution is 2.34. The van der Waals surface area contributed by atoms with Gasteiger partial charge in [0.15, 0.2) is 11.5 Å². The van der Waals surface area contributed by atoms with Crippen molar-refractivity contribution >= 4 is 29.2 Å². The third-order valence-corrected chi connectivity index (χ3v) is 5.11. The van der Waals surface area contributed by atoms with Crippen molar-refractivity contribution in [2.45, 2.75) is 26.6 Å². The van der Waals surface area contributed by atoms with E-state index in [1.807, 2.05) is 54.6 Å². The van der Waals surface area contributed by atoms with Crippen LogP contribution < -0.4 is 9.47 Å². The average molecular weight is 445 g/mol. The molecule has 0 unspecified atom stereocenters. The Kier molecular flexibility index (Phi) is 8.00. The molecule has 0 saturated carbocycles. The molecule has 0 fully saturated rings. The summed E-state index contributed by atoms with van der Waals surface area (Å²) in [6.07, 6.45) is 0.0784. The van der Waals surface area contributed by atoms with E-state index in [2.05, 4.69) is 0 Å². The Labute approximate surface area is 186 Å². The van der Waals surface area contributed by atoms with Crippen LogP contribution in [0, 0.1) is 0 Å². The van der Waals surface area contributed by atoms with Crippen LogP contribution in [0.5, 0.6) is 11.5 Å². The molecule has 0 spiro atoms. The molecule has 156 valence electrons. The first-order valence-corrected chi connectivity index (χ1v) is 10.3. The lowest BCUT2D eigenvalue weighted by Crippen LogP contribution is -2.10. The topological polar surface area (TPSA) is 44.8 Å². The summed E-state index contributed by atoms with van der Waals surface area (Å²) in [7, 11) is 0. The summed E-state index contributed by atoms with van der Waals surface area (Å²) >= 11 is 12.5. The van der Waals surface area contributed by atoms with E-state index in [0.29, 0.717) is 33.7 Å². The monoisotopic (exact) mass is 444 g/mol. The fraction of sp³-hybridized carbons (Fsp3) is 0.208. The number of carbonyl (C=O) groups is 1. The van der Waals surface area contributed by atoms with Gasteiger partial charge in [-0.05, 0) is 25.1 Å². The summed E-state index contributed by atoms with van der Waals surface area (Å²) in [6.45, 7) is 2.60. The van der Waals surface area contributed by atoms with Gasteiger partial charge in [0.25, 0.3) is 0 Å². The van der Waals surface area contributed by atoms with Gasteiger partial charge in [-0.25, -0.2) is 0 Å². The molecule has 4 nitrogen and oxygen atoms in total. The smallest absolute Gasteiger partial charge is 0.310 e. The van der Waals surface area contributed by atoms with Crippen LogP contribution in [0.3, 0.4) is 0 Å². The third kappa shape index (κ3) is 5.91. The predicted octanol–water partition coefficient (Wildman–Crippen LogP) is 6.26. The molecule has 0 heterocycles. The molecule has 0 aliphatic carbocycles. The lowest BCUT2D eigenvalue weighted by Gasteiger charge is -2.17. The second kappa shape index (κ2) is 10.9. The van der Waals surface area contributed by atoms with Crippen molar-refractivity contribution in [1.82, 2.24) is 0 Å². The van der Waals surface area contributed by atoms with Gasteiger partial charge >= 0.3 is 5.97 Å². The Balaban J connectivity index is 1.85. The van der Waals surface area contributed by atoms with Crippen LogP contribution in [0.1, 0.15) is 23.6 Å². The van der Waals surface area contributed by atoms with Gasteiger partial charge in [-0.15, -0.1) is 0 Å². The lowest BCUT2D eigenvalue weighted by molar-refractivity contribution is -0.142. The first-order valence-electron chi connectivity index (χ1n) is 9.58. The van der Waals surface area contributed by atoms with E-state index in [0.717, 1.165) is 11.1 Å². The molecule has 3 rings (SSSR count). The van der Waals surface area contributed by atoms with Gasteiger partial charge in [0.1, 0.15) is 13.2 Å². The molecule has 0 saturated heterocycles. The summed E-state index contributed by atoms with van der Waals surface area (Å²) < 4.78 is 17.2. The van der Waals surface area contributed by atoms with Crippen LogP contribution >= 0.6 is 23.2 Å². The van der Waals surface area contributed by atoms with Crippen LogP contribution in [-0.2, 0) is 29.2 Å². The number of esters is 1. The van der Waals surface area contributed by atoms with Crippen molar-refractivity contribution < 1.29 is 19.0 Å². The Bertz CT molecular complexity index is 1000. The Morgan fingerprint density at radius 1 is 0.767 bits per heavy atom. The first kappa shape index (κ1) is 22.0. The number of ether oxygens (including phenoxy) is 3. The summed E-state index contributed by atoms with van der Waals surface area (Å²) in [5, 5.41) is 1.23. The highest BCUT2D eigenvalue weighted by Gasteiger charge is 2.16. The normalized spacial score (nSPS) is 10.5. The maximum Gasteiger partial charge on any atom is 0.310 e. The van der Waals surface area contributed by atoms with Crippen LogP contribution in [-0.4, -0.2) is 12.6 Å². The number of halogens is 2. The van der Waals surface area contributed by atoms with Crippen molar-refractivity contribution in [2.75, 3.05) is 6.61 Å². The van der Waals surface area contributed by atoms with Gasteiger partial charge in [0.2, 0.25) is 0 Å². The maximum atomic E-state index is 12.1. The van der Waals surface area contributed by atoms with Crippen molar-refractivity contribution in [3.8, 4) is 11.5 Å². The largest absolute Gasteiger partial charge is 0.485 e. The minimum absolute atomic E-state index is 0.0784. The molecule has 0 N–H and O–H groups in total. The molecule has 6 heteroatoms. The number of para-hydroxylation sites is 1. The minimum Gasteiger partial charge on any atom is -0.485 e. The van der Waals surface area contributed by atoms with Gasteiger partial charge in [0, 0.05) is 26.7 Å². The first-order chi connectivity index (χ1) is 14.6. The zero-order valence-electron chi connectivity index (χ0n) is 16.6. The van der Waals surface area contributed by atoms with Gasteiger partial charge in [-0.3, -0.25) is 4.79 Å². The molecule has 0 aromatic heterocycles. The summed E-state index contributed by atoms with van der Waals surface area (Å²) in [6, 6.07) is 20.4. The molecule has 30 heavy (non-hydrogen) atoms. The quantitative estimate of drug-likeness (QED) is 0.365. The van der Waals surface area contributed by atoms with Crippen LogP contribution in [0.15, 0.2) is 66.7 Å². The van der Waals surface area contributed by atoms with Gasteiger partial charge in [0.05, 0.1) is 13.0 Å². The molecule has 0 radical (unpaired) electrons. The number of benzene rings is 3. The van der Waals surface area contributed by atoms with Crippen molar-refractivity contribution in [3.05, 3.63) is 93.5 Å². The molecule has 0 aliphatic heterocycles. The number of hydrogen-bond acceptors (Lipinski definition) is 4. The number of carbonyl (C=O) groups excluding carboxylic acids is 1. The fourth-order valence-electron chi connectivity index (χ4n) is 2.88. The molecule has 3 aromatic carbocycles. The van der Waals surface area contributed by atoms with Gasteiger partial charge in [-0.1, -0.05) is 71.7 Å². The lowest BCUT2D eigenvalue weighted by atomic mass is 10.1. The molecular weight excluding hydrogens is 423 g/mol. The highest BCUT2D eigenvalue weighted by atomic mass is 35.5. The minimum atomic E-state index is -0.330.